The Balaban J connectivity index is 1.64. The van der Waals surface area contributed by atoms with Crippen molar-refractivity contribution >= 4 is 28.3 Å². The van der Waals surface area contributed by atoms with E-state index in [0.29, 0.717) is 17.7 Å². The van der Waals surface area contributed by atoms with E-state index in [4.69, 9.17) is 5.73 Å². The summed E-state index contributed by atoms with van der Waals surface area (Å²) in [5.74, 6) is -0.420. The Hall–Kier alpha value is -3.96. The first-order chi connectivity index (χ1) is 16.1. The molecule has 5 nitrogen and oxygen atoms in total. The van der Waals surface area contributed by atoms with Gasteiger partial charge in [0, 0.05) is 11.3 Å². The van der Waals surface area contributed by atoms with Crippen molar-refractivity contribution in [3.63, 3.8) is 0 Å². The summed E-state index contributed by atoms with van der Waals surface area (Å²) in [6.45, 7) is 2.03. The van der Waals surface area contributed by atoms with Crippen LogP contribution in [0.1, 0.15) is 46.9 Å². The van der Waals surface area contributed by atoms with E-state index < -0.39 is 6.04 Å². The molecule has 0 aliphatic carbocycles. The fraction of sp³-hybridized carbons (Fsp3) is 0.143. The summed E-state index contributed by atoms with van der Waals surface area (Å²) in [6.07, 6.45) is 0.698. The SMILES string of the molecule is CC[C@@H](NC(=O)c1ccccc1)c1cc(NC(=O)[C@H](N)c2ccccc2)cc2ccccc12. The third-order valence-electron chi connectivity index (χ3n) is 5.73. The van der Waals surface area contributed by atoms with E-state index in [9.17, 15) is 9.59 Å². The van der Waals surface area contributed by atoms with Crippen LogP contribution in [0, 0.1) is 0 Å². The Bertz CT molecular complexity index is 1260. The van der Waals surface area contributed by atoms with E-state index in [0.717, 1.165) is 21.9 Å². The normalized spacial score (nSPS) is 12.7. The lowest BCUT2D eigenvalue weighted by molar-refractivity contribution is -0.117. The van der Waals surface area contributed by atoms with Crippen molar-refractivity contribution in [2.45, 2.75) is 25.4 Å². The number of anilines is 1. The first kappa shape index (κ1) is 22.2. The van der Waals surface area contributed by atoms with Gasteiger partial charge in [-0.2, -0.15) is 0 Å². The summed E-state index contributed by atoms with van der Waals surface area (Å²) in [4.78, 5) is 25.7. The summed E-state index contributed by atoms with van der Waals surface area (Å²) in [5, 5.41) is 8.11. The van der Waals surface area contributed by atoms with Gasteiger partial charge in [0.05, 0.1) is 6.04 Å². The van der Waals surface area contributed by atoms with Gasteiger partial charge in [0.2, 0.25) is 5.91 Å². The first-order valence-electron chi connectivity index (χ1n) is 11.1. The van der Waals surface area contributed by atoms with E-state index in [1.165, 1.54) is 0 Å². The molecule has 2 atom stereocenters. The molecule has 0 aliphatic heterocycles. The number of hydrogen-bond donors (Lipinski definition) is 3. The monoisotopic (exact) mass is 437 g/mol. The molecule has 4 N–H and O–H groups in total. The van der Waals surface area contributed by atoms with Gasteiger partial charge in [-0.15, -0.1) is 0 Å². The van der Waals surface area contributed by atoms with Gasteiger partial charge >= 0.3 is 0 Å². The lowest BCUT2D eigenvalue weighted by Gasteiger charge is -2.21. The largest absolute Gasteiger partial charge is 0.345 e. The Kier molecular flexibility index (Phi) is 6.81. The molecule has 0 heterocycles. The van der Waals surface area contributed by atoms with Gasteiger partial charge in [-0.25, -0.2) is 0 Å². The lowest BCUT2D eigenvalue weighted by atomic mass is 9.95. The molecule has 0 fully saturated rings. The predicted octanol–water partition coefficient (Wildman–Crippen LogP) is 5.36. The molecule has 2 amide bonds. The Morgan fingerprint density at radius 2 is 1.48 bits per heavy atom. The van der Waals surface area contributed by atoms with Crippen LogP contribution in [0.3, 0.4) is 0 Å². The standard InChI is InChI=1S/C28H27N3O2/c1-2-25(31-27(32)20-13-7-4-8-14-20)24-18-22(17-21-15-9-10-16-23(21)24)30-28(33)26(29)19-11-5-3-6-12-19/h3-18,25-26H,2,29H2,1H3,(H,30,33)(H,31,32)/t25-,26-/m1/s1. The molecule has 5 heteroatoms. The van der Waals surface area contributed by atoms with Crippen molar-refractivity contribution in [2.24, 2.45) is 5.73 Å². The maximum absolute atomic E-state index is 12.9. The van der Waals surface area contributed by atoms with Crippen LogP contribution in [0.25, 0.3) is 10.8 Å². The quantitative estimate of drug-likeness (QED) is 0.364. The molecule has 0 aliphatic rings. The number of rotatable bonds is 7. The van der Waals surface area contributed by atoms with Crippen LogP contribution in [0.4, 0.5) is 5.69 Å². The van der Waals surface area contributed by atoms with Gasteiger partial charge in [-0.05, 0) is 52.6 Å². The van der Waals surface area contributed by atoms with Crippen LogP contribution >= 0.6 is 0 Å². The van der Waals surface area contributed by atoms with E-state index >= 15 is 0 Å². The second kappa shape index (κ2) is 10.1. The van der Waals surface area contributed by atoms with E-state index in [1.807, 2.05) is 91.9 Å². The molecule has 33 heavy (non-hydrogen) atoms. The van der Waals surface area contributed by atoms with Gasteiger partial charge in [0.1, 0.15) is 6.04 Å². The molecule has 0 radical (unpaired) electrons. The van der Waals surface area contributed by atoms with Crippen molar-refractivity contribution in [3.8, 4) is 0 Å². The molecule has 0 aromatic heterocycles. The van der Waals surface area contributed by atoms with Crippen molar-refractivity contribution < 1.29 is 9.59 Å². The molecule has 0 bridgehead atoms. The maximum Gasteiger partial charge on any atom is 0.251 e. The third-order valence-corrected chi connectivity index (χ3v) is 5.73. The molecule has 0 spiro atoms. The molecule has 166 valence electrons. The topological polar surface area (TPSA) is 84.2 Å². The second-order valence-corrected chi connectivity index (χ2v) is 7.96. The smallest absolute Gasteiger partial charge is 0.251 e. The minimum atomic E-state index is -0.777. The van der Waals surface area contributed by atoms with E-state index in [-0.39, 0.29) is 17.9 Å². The zero-order valence-corrected chi connectivity index (χ0v) is 18.5. The third kappa shape index (κ3) is 5.10. The van der Waals surface area contributed by atoms with Gasteiger partial charge in [0.15, 0.2) is 0 Å². The van der Waals surface area contributed by atoms with Crippen molar-refractivity contribution in [3.05, 3.63) is 114 Å². The first-order valence-corrected chi connectivity index (χ1v) is 11.1. The number of nitrogens with two attached hydrogens (primary N) is 1. The molecule has 0 saturated heterocycles. The average Bonchev–Trinajstić information content (AvgIpc) is 2.87. The Labute approximate surface area is 193 Å². The number of hydrogen-bond acceptors (Lipinski definition) is 3. The van der Waals surface area contributed by atoms with Crippen LogP contribution in [0.5, 0.6) is 0 Å². The molecule has 4 aromatic rings. The molecule has 0 saturated carbocycles. The molecule has 0 unspecified atom stereocenters. The second-order valence-electron chi connectivity index (χ2n) is 7.96. The van der Waals surface area contributed by atoms with Crippen molar-refractivity contribution in [1.29, 1.82) is 0 Å². The van der Waals surface area contributed by atoms with Crippen LogP contribution in [-0.2, 0) is 4.79 Å². The molecular weight excluding hydrogens is 410 g/mol. The fourth-order valence-electron chi connectivity index (χ4n) is 3.96. The molecule has 4 rings (SSSR count). The number of benzene rings is 4. The van der Waals surface area contributed by atoms with Crippen molar-refractivity contribution in [1.82, 2.24) is 5.32 Å². The van der Waals surface area contributed by atoms with Crippen molar-refractivity contribution in [2.75, 3.05) is 5.32 Å². The number of amides is 2. The Morgan fingerprint density at radius 1 is 0.848 bits per heavy atom. The van der Waals surface area contributed by atoms with Crippen LogP contribution in [0.2, 0.25) is 0 Å². The lowest BCUT2D eigenvalue weighted by Crippen LogP contribution is -2.29. The number of nitrogens with one attached hydrogen (secondary N) is 2. The summed E-state index contributed by atoms with van der Waals surface area (Å²) in [5.41, 5.74) is 9.14. The fourth-order valence-corrected chi connectivity index (χ4v) is 3.96. The zero-order chi connectivity index (χ0) is 23.2. The minimum Gasteiger partial charge on any atom is -0.345 e. The summed E-state index contributed by atoms with van der Waals surface area (Å²) in [7, 11) is 0. The van der Waals surface area contributed by atoms with Crippen LogP contribution in [-0.4, -0.2) is 11.8 Å². The highest BCUT2D eigenvalue weighted by atomic mass is 16.2. The highest BCUT2D eigenvalue weighted by Crippen LogP contribution is 2.31. The van der Waals surface area contributed by atoms with E-state index in [1.54, 1.807) is 12.1 Å². The predicted molar refractivity (Wildman–Crippen MR) is 133 cm³/mol. The summed E-state index contributed by atoms with van der Waals surface area (Å²) < 4.78 is 0. The van der Waals surface area contributed by atoms with Crippen LogP contribution < -0.4 is 16.4 Å². The number of carbonyl (C=O) groups excluding carboxylic acids is 2. The minimum absolute atomic E-state index is 0.132. The maximum atomic E-state index is 12.9. The van der Waals surface area contributed by atoms with Gasteiger partial charge < -0.3 is 16.4 Å². The highest BCUT2D eigenvalue weighted by molar-refractivity contribution is 5.99. The highest BCUT2D eigenvalue weighted by Gasteiger charge is 2.20. The summed E-state index contributed by atoms with van der Waals surface area (Å²) in [6, 6.07) is 29.3. The average molecular weight is 438 g/mol. The Morgan fingerprint density at radius 3 is 2.18 bits per heavy atom. The summed E-state index contributed by atoms with van der Waals surface area (Å²) >= 11 is 0. The molecular formula is C28H27N3O2. The number of carbonyl (C=O) groups is 2. The zero-order valence-electron chi connectivity index (χ0n) is 18.5. The van der Waals surface area contributed by atoms with E-state index in [2.05, 4.69) is 10.6 Å². The van der Waals surface area contributed by atoms with Crippen LogP contribution in [0.15, 0.2) is 97.1 Å². The van der Waals surface area contributed by atoms with Gasteiger partial charge in [-0.3, -0.25) is 9.59 Å². The van der Waals surface area contributed by atoms with Gasteiger partial charge in [0.25, 0.3) is 5.91 Å². The molecule has 4 aromatic carbocycles. The van der Waals surface area contributed by atoms with Gasteiger partial charge in [-0.1, -0.05) is 79.7 Å². The number of fused-ring (bicyclic) bond motifs is 1.